The summed E-state index contributed by atoms with van der Waals surface area (Å²) in [6.07, 6.45) is 2.65. The van der Waals surface area contributed by atoms with E-state index < -0.39 is 17.8 Å². The number of carboxylic acids is 1. The Hall–Kier alpha value is -1.15. The van der Waals surface area contributed by atoms with Crippen LogP contribution >= 0.6 is 23.1 Å². The van der Waals surface area contributed by atoms with E-state index in [4.69, 9.17) is 0 Å². The second-order valence-electron chi connectivity index (χ2n) is 5.50. The lowest BCUT2D eigenvalue weighted by atomic mass is 9.79. The fourth-order valence-electron chi connectivity index (χ4n) is 3.64. The maximum absolute atomic E-state index is 12.4. The number of anilines is 1. The zero-order valence-electron chi connectivity index (χ0n) is 11.6. The van der Waals surface area contributed by atoms with Crippen LogP contribution in [0.4, 0.5) is 5.13 Å². The standard InChI is InChI=1S/C13H17N3O3S2/c1-2-20-13-16-15-12(21-13)14-10(17)8-6-3-4-7(5-6)9(8)11(18)19/h6-9H,2-5H2,1H3,(H,18,19)(H,14,15,17)/p-1. The minimum Gasteiger partial charge on any atom is -0.550 e. The molecule has 2 bridgehead atoms. The van der Waals surface area contributed by atoms with E-state index in [2.05, 4.69) is 15.5 Å². The van der Waals surface area contributed by atoms with Gasteiger partial charge in [-0.2, -0.15) is 0 Å². The van der Waals surface area contributed by atoms with E-state index in [1.54, 1.807) is 11.8 Å². The monoisotopic (exact) mass is 326 g/mol. The van der Waals surface area contributed by atoms with E-state index in [9.17, 15) is 14.7 Å². The van der Waals surface area contributed by atoms with Crippen LogP contribution in [0.1, 0.15) is 26.2 Å². The first-order valence-corrected chi connectivity index (χ1v) is 8.88. The minimum atomic E-state index is -1.10. The second-order valence-corrected chi connectivity index (χ2v) is 7.99. The number of carbonyl (C=O) groups is 2. The molecule has 0 spiro atoms. The van der Waals surface area contributed by atoms with Crippen molar-refractivity contribution in [1.29, 1.82) is 0 Å². The zero-order valence-corrected chi connectivity index (χ0v) is 13.2. The molecule has 6 nitrogen and oxygen atoms in total. The number of fused-ring (bicyclic) bond motifs is 2. The minimum absolute atomic E-state index is 0.0939. The highest BCUT2D eigenvalue weighted by Crippen LogP contribution is 2.52. The van der Waals surface area contributed by atoms with Gasteiger partial charge in [0.2, 0.25) is 11.0 Å². The molecule has 2 aliphatic carbocycles. The van der Waals surface area contributed by atoms with Crippen LogP contribution in [-0.4, -0.2) is 27.8 Å². The summed E-state index contributed by atoms with van der Waals surface area (Å²) in [6.45, 7) is 2.02. The summed E-state index contributed by atoms with van der Waals surface area (Å²) in [6, 6.07) is 0. The molecule has 1 aromatic heterocycles. The van der Waals surface area contributed by atoms with Gasteiger partial charge in [0.15, 0.2) is 4.34 Å². The van der Waals surface area contributed by atoms with E-state index in [1.807, 2.05) is 6.92 Å². The molecule has 1 aromatic rings. The normalized spacial score (nSPS) is 30.5. The van der Waals surface area contributed by atoms with Crippen LogP contribution in [0.15, 0.2) is 4.34 Å². The maximum atomic E-state index is 12.4. The Balaban J connectivity index is 1.70. The lowest BCUT2D eigenvalue weighted by Gasteiger charge is -2.30. The molecule has 1 N–H and O–H groups in total. The fraction of sp³-hybridized carbons (Fsp3) is 0.692. The van der Waals surface area contributed by atoms with Crippen molar-refractivity contribution in [1.82, 2.24) is 10.2 Å². The molecule has 114 valence electrons. The van der Waals surface area contributed by atoms with Crippen LogP contribution in [0.2, 0.25) is 0 Å². The van der Waals surface area contributed by atoms with Crippen LogP contribution in [0, 0.1) is 23.7 Å². The average Bonchev–Trinajstić information content (AvgIpc) is 3.13. The van der Waals surface area contributed by atoms with Gasteiger partial charge in [-0.15, -0.1) is 10.2 Å². The van der Waals surface area contributed by atoms with Gasteiger partial charge < -0.3 is 15.2 Å². The molecule has 0 radical (unpaired) electrons. The number of rotatable bonds is 5. The third-order valence-corrected chi connectivity index (χ3v) is 6.25. The zero-order chi connectivity index (χ0) is 15.0. The second kappa shape index (κ2) is 5.92. The van der Waals surface area contributed by atoms with Crippen molar-refractivity contribution in [3.8, 4) is 0 Å². The van der Waals surface area contributed by atoms with E-state index in [1.165, 1.54) is 11.3 Å². The van der Waals surface area contributed by atoms with Crippen molar-refractivity contribution in [2.45, 2.75) is 30.5 Å². The Morgan fingerprint density at radius 1 is 1.33 bits per heavy atom. The molecule has 0 saturated heterocycles. The van der Waals surface area contributed by atoms with Crippen molar-refractivity contribution in [3.63, 3.8) is 0 Å². The summed E-state index contributed by atoms with van der Waals surface area (Å²) in [5.41, 5.74) is 0. The summed E-state index contributed by atoms with van der Waals surface area (Å²) in [5.74, 6) is -1.34. The van der Waals surface area contributed by atoms with Crippen molar-refractivity contribution >= 4 is 40.1 Å². The number of aliphatic carboxylic acids is 1. The molecule has 3 rings (SSSR count). The molecule has 0 aliphatic heterocycles. The van der Waals surface area contributed by atoms with Gasteiger partial charge in [0.1, 0.15) is 0 Å². The predicted molar refractivity (Wildman–Crippen MR) is 77.8 cm³/mol. The van der Waals surface area contributed by atoms with E-state index in [-0.39, 0.29) is 17.7 Å². The van der Waals surface area contributed by atoms with Crippen LogP contribution < -0.4 is 10.4 Å². The smallest absolute Gasteiger partial charge is 0.230 e. The predicted octanol–water partition coefficient (Wildman–Crippen LogP) is 1.00. The summed E-state index contributed by atoms with van der Waals surface area (Å²) < 4.78 is 0.803. The molecular weight excluding hydrogens is 310 g/mol. The summed E-state index contributed by atoms with van der Waals surface area (Å²) in [7, 11) is 0. The van der Waals surface area contributed by atoms with E-state index in [0.29, 0.717) is 5.13 Å². The van der Waals surface area contributed by atoms with Gasteiger partial charge in [0.05, 0.1) is 0 Å². The quantitative estimate of drug-likeness (QED) is 0.641. The van der Waals surface area contributed by atoms with Crippen LogP contribution in [0.25, 0.3) is 0 Å². The number of carbonyl (C=O) groups excluding carboxylic acids is 2. The first-order chi connectivity index (χ1) is 10.1. The third kappa shape index (κ3) is 2.78. The topological polar surface area (TPSA) is 95.0 Å². The van der Waals surface area contributed by atoms with Gasteiger partial charge in [-0.05, 0) is 36.9 Å². The van der Waals surface area contributed by atoms with Crippen LogP contribution in [-0.2, 0) is 9.59 Å². The maximum Gasteiger partial charge on any atom is 0.230 e. The van der Waals surface area contributed by atoms with Crippen LogP contribution in [0.5, 0.6) is 0 Å². The van der Waals surface area contributed by atoms with E-state index >= 15 is 0 Å². The van der Waals surface area contributed by atoms with E-state index in [0.717, 1.165) is 29.4 Å². The third-order valence-electron chi connectivity index (χ3n) is 4.40. The Kier molecular flexibility index (Phi) is 4.17. The molecule has 21 heavy (non-hydrogen) atoms. The fourth-order valence-corrected chi connectivity index (χ4v) is 5.29. The van der Waals surface area contributed by atoms with Crippen LogP contribution in [0.3, 0.4) is 0 Å². The number of nitrogens with zero attached hydrogens (tertiary/aromatic N) is 2. The van der Waals surface area contributed by atoms with Gasteiger partial charge in [-0.25, -0.2) is 0 Å². The number of thioether (sulfide) groups is 1. The van der Waals surface area contributed by atoms with Gasteiger partial charge >= 0.3 is 0 Å². The highest BCUT2D eigenvalue weighted by atomic mass is 32.2. The highest BCUT2D eigenvalue weighted by Gasteiger charge is 2.51. The van der Waals surface area contributed by atoms with Crippen molar-refractivity contribution in [2.75, 3.05) is 11.1 Å². The molecule has 2 fully saturated rings. The summed E-state index contributed by atoms with van der Waals surface area (Å²) >= 11 is 2.88. The lowest BCUT2D eigenvalue weighted by Crippen LogP contribution is -2.43. The Bertz CT molecular complexity index is 563. The number of carboxylic acid groups (broad SMARTS) is 1. The largest absolute Gasteiger partial charge is 0.550 e. The molecule has 2 saturated carbocycles. The number of nitrogens with one attached hydrogen (secondary N) is 1. The first-order valence-electron chi connectivity index (χ1n) is 7.08. The van der Waals surface area contributed by atoms with Gasteiger partial charge in [-0.3, -0.25) is 4.79 Å². The average molecular weight is 326 g/mol. The molecule has 2 aliphatic rings. The lowest BCUT2D eigenvalue weighted by molar-refractivity contribution is -0.314. The molecule has 1 amide bonds. The first kappa shape index (κ1) is 14.8. The Morgan fingerprint density at radius 3 is 2.71 bits per heavy atom. The van der Waals surface area contributed by atoms with Crippen molar-refractivity contribution in [3.05, 3.63) is 0 Å². The SMILES string of the molecule is CCSc1nnc(NC(=O)C2C3CCC(C3)C2C(=O)[O-])s1. The highest BCUT2D eigenvalue weighted by molar-refractivity contribution is 8.01. The number of aromatic nitrogens is 2. The molecule has 1 heterocycles. The molecule has 8 heteroatoms. The van der Waals surface area contributed by atoms with Gasteiger partial charge in [-0.1, -0.05) is 30.0 Å². The van der Waals surface area contributed by atoms with Gasteiger partial charge in [0, 0.05) is 17.8 Å². The molecule has 4 unspecified atom stereocenters. The molecule has 4 atom stereocenters. The van der Waals surface area contributed by atoms with Gasteiger partial charge in [0.25, 0.3) is 0 Å². The Morgan fingerprint density at radius 2 is 2.05 bits per heavy atom. The van der Waals surface area contributed by atoms with Crippen molar-refractivity contribution < 1.29 is 14.7 Å². The number of amides is 1. The van der Waals surface area contributed by atoms with Crippen molar-refractivity contribution in [2.24, 2.45) is 23.7 Å². The molecular formula is C13H16N3O3S2-. The summed E-state index contributed by atoms with van der Waals surface area (Å²) in [5, 5.41) is 22.4. The summed E-state index contributed by atoms with van der Waals surface area (Å²) in [4.78, 5) is 23.7. The Labute approximate surface area is 130 Å². The number of hydrogen-bond donors (Lipinski definition) is 1. The molecule has 0 aromatic carbocycles. The number of hydrogen-bond acceptors (Lipinski definition) is 7.